The van der Waals surface area contributed by atoms with Crippen LogP contribution in [0.15, 0.2) is 47.3 Å². The van der Waals surface area contributed by atoms with Crippen LogP contribution < -0.4 is 25.0 Å². The molecule has 2 saturated heterocycles. The number of piperidine rings is 1. The number of fused-ring (bicyclic) bond motifs is 3. The molecular weight excluding hydrogens is 696 g/mol. The van der Waals surface area contributed by atoms with Crippen LogP contribution in [0.25, 0.3) is 11.0 Å². The first kappa shape index (κ1) is 32.7. The fourth-order valence-electron chi connectivity index (χ4n) is 7.58. The Kier molecular flexibility index (Phi) is 9.04. The van der Waals surface area contributed by atoms with E-state index in [2.05, 4.69) is 87.0 Å². The van der Waals surface area contributed by atoms with Gasteiger partial charge in [-0.3, -0.25) is 19.6 Å². The van der Waals surface area contributed by atoms with E-state index in [0.717, 1.165) is 43.7 Å². The third-order valence-electron chi connectivity index (χ3n) is 9.77. The Hall–Kier alpha value is -3.79. The van der Waals surface area contributed by atoms with Gasteiger partial charge in [0.2, 0.25) is 16.0 Å². The summed E-state index contributed by atoms with van der Waals surface area (Å²) in [6.45, 7) is 8.92. The Morgan fingerprint density at radius 1 is 0.958 bits per heavy atom. The fraction of sp³-hybridized carbons (Fsp3) is 0.455. The van der Waals surface area contributed by atoms with Gasteiger partial charge in [-0.1, -0.05) is 0 Å². The van der Waals surface area contributed by atoms with Crippen molar-refractivity contribution < 1.29 is 13.2 Å². The smallest absolute Gasteiger partial charge is 0.229 e. The van der Waals surface area contributed by atoms with Crippen molar-refractivity contribution in [1.82, 2.24) is 29.7 Å². The van der Waals surface area contributed by atoms with Gasteiger partial charge < -0.3 is 25.2 Å². The molecule has 15 heteroatoms. The first-order valence-corrected chi connectivity index (χ1v) is 18.9. The number of rotatable bonds is 9. The molecule has 3 atom stereocenters. The molecule has 0 amide bonds. The van der Waals surface area contributed by atoms with Crippen LogP contribution in [0.1, 0.15) is 18.4 Å². The summed E-state index contributed by atoms with van der Waals surface area (Å²) in [7, 11) is 0.287. The molecule has 48 heavy (non-hydrogen) atoms. The third kappa shape index (κ3) is 6.73. The Morgan fingerprint density at radius 3 is 2.40 bits per heavy atom. The summed E-state index contributed by atoms with van der Waals surface area (Å²) < 4.78 is 33.6. The van der Waals surface area contributed by atoms with Crippen LogP contribution in [-0.2, 0) is 10.0 Å². The molecule has 2 aliphatic heterocycles. The van der Waals surface area contributed by atoms with Crippen molar-refractivity contribution in [3.63, 3.8) is 0 Å². The standard InChI is InChI=1S/C33H41BrN10O3S/c1-20-15-26(28(47-3)16-27(20)44-18-21-5-6-22(19-44)31(21)43-13-11-42(2)12-14-43)39-33-37-17-23(34)32(40-33)38-25-8-7-24-29(36-10-9-35-24)30(25)41-48(4,45)46/h7-10,15-17,21-22,31,41H,5-6,11-14,18-19H2,1-4H3,(H2,37,38,39,40)/t21-,22+,31-. The van der Waals surface area contributed by atoms with E-state index in [9.17, 15) is 8.42 Å². The maximum absolute atomic E-state index is 12.3. The number of halogens is 1. The Balaban J connectivity index is 1.11. The average Bonchev–Trinajstić information content (AvgIpc) is 3.32. The molecular formula is C33H41BrN10O3S. The lowest BCUT2D eigenvalue weighted by molar-refractivity contribution is 0.0633. The molecule has 1 aliphatic carbocycles. The molecule has 0 radical (unpaired) electrons. The van der Waals surface area contributed by atoms with Crippen molar-refractivity contribution in [3.05, 3.63) is 52.9 Å². The Morgan fingerprint density at radius 2 is 1.69 bits per heavy atom. The molecule has 7 rings (SSSR count). The highest BCUT2D eigenvalue weighted by Gasteiger charge is 2.45. The number of methoxy groups -OCH3 is 1. The zero-order chi connectivity index (χ0) is 33.6. The predicted octanol–water partition coefficient (Wildman–Crippen LogP) is 4.82. The van der Waals surface area contributed by atoms with Crippen LogP contribution in [0.5, 0.6) is 5.75 Å². The van der Waals surface area contributed by atoms with Crippen molar-refractivity contribution in [2.75, 3.05) is 79.9 Å². The second kappa shape index (κ2) is 13.3. The number of hydrogen-bond acceptors (Lipinski definition) is 12. The van der Waals surface area contributed by atoms with Gasteiger partial charge in [0.05, 0.1) is 40.4 Å². The third-order valence-corrected chi connectivity index (χ3v) is 10.9. The molecule has 0 spiro atoms. The highest BCUT2D eigenvalue weighted by Crippen LogP contribution is 2.44. The molecule has 13 nitrogen and oxygen atoms in total. The van der Waals surface area contributed by atoms with E-state index in [0.29, 0.717) is 56.6 Å². The summed E-state index contributed by atoms with van der Waals surface area (Å²) in [6.07, 6.45) is 8.39. The maximum atomic E-state index is 12.3. The molecule has 254 valence electrons. The first-order valence-electron chi connectivity index (χ1n) is 16.2. The van der Waals surface area contributed by atoms with E-state index in [1.54, 1.807) is 31.6 Å². The summed E-state index contributed by atoms with van der Waals surface area (Å²) in [6, 6.07) is 8.41. The highest BCUT2D eigenvalue weighted by atomic mass is 79.9. The van der Waals surface area contributed by atoms with Crippen LogP contribution in [0.3, 0.4) is 0 Å². The normalized spacial score (nSPS) is 21.8. The van der Waals surface area contributed by atoms with E-state index < -0.39 is 10.0 Å². The summed E-state index contributed by atoms with van der Waals surface area (Å²) >= 11 is 3.53. The summed E-state index contributed by atoms with van der Waals surface area (Å²) in [4.78, 5) is 25.6. The number of likely N-dealkylation sites (N-methyl/N-ethyl adjacent to an activating group) is 1. The minimum Gasteiger partial charge on any atom is -0.494 e. The molecule has 3 fully saturated rings. The topological polar surface area (TPSA) is 141 Å². The fourth-order valence-corrected chi connectivity index (χ4v) is 8.45. The number of nitrogens with one attached hydrogen (secondary N) is 3. The number of aryl methyl sites for hydroxylation is 1. The Labute approximate surface area is 289 Å². The number of hydrogen-bond donors (Lipinski definition) is 3. The molecule has 2 aromatic heterocycles. The van der Waals surface area contributed by atoms with Gasteiger partial charge >= 0.3 is 0 Å². The Bertz CT molecular complexity index is 1920. The monoisotopic (exact) mass is 736 g/mol. The van der Waals surface area contributed by atoms with Crippen LogP contribution in [0, 0.1) is 18.8 Å². The predicted molar refractivity (Wildman–Crippen MR) is 193 cm³/mol. The van der Waals surface area contributed by atoms with Crippen LogP contribution in [0.4, 0.5) is 34.5 Å². The minimum atomic E-state index is -3.61. The average molecular weight is 738 g/mol. The highest BCUT2D eigenvalue weighted by molar-refractivity contribution is 9.10. The van der Waals surface area contributed by atoms with E-state index in [1.807, 2.05) is 0 Å². The molecule has 4 heterocycles. The number of piperazine rings is 1. The number of aromatic nitrogens is 4. The van der Waals surface area contributed by atoms with Crippen molar-refractivity contribution in [2.24, 2.45) is 11.8 Å². The summed E-state index contributed by atoms with van der Waals surface area (Å²) in [5, 5.41) is 6.58. The van der Waals surface area contributed by atoms with E-state index >= 15 is 0 Å². The molecule has 0 unspecified atom stereocenters. The lowest BCUT2D eigenvalue weighted by atomic mass is 9.89. The second-order valence-electron chi connectivity index (χ2n) is 13.1. The molecule has 4 aromatic rings. The molecule has 1 saturated carbocycles. The quantitative estimate of drug-likeness (QED) is 0.217. The number of sulfonamides is 1. The van der Waals surface area contributed by atoms with E-state index in [4.69, 9.17) is 9.72 Å². The number of ether oxygens (including phenoxy) is 1. The lowest BCUT2D eigenvalue weighted by Crippen LogP contribution is -2.57. The summed E-state index contributed by atoms with van der Waals surface area (Å²) in [5.74, 6) is 2.84. The molecule has 3 aliphatic rings. The van der Waals surface area contributed by atoms with Gasteiger partial charge in [-0.2, -0.15) is 4.98 Å². The van der Waals surface area contributed by atoms with Gasteiger partial charge in [-0.05, 0) is 78.3 Å². The first-order chi connectivity index (χ1) is 23.1. The molecule has 2 bridgehead atoms. The van der Waals surface area contributed by atoms with Crippen LogP contribution in [-0.4, -0.2) is 104 Å². The summed E-state index contributed by atoms with van der Waals surface area (Å²) in [5.41, 5.74) is 4.81. The molecule has 2 aromatic carbocycles. The maximum Gasteiger partial charge on any atom is 0.229 e. The van der Waals surface area contributed by atoms with Crippen molar-refractivity contribution >= 4 is 71.5 Å². The minimum absolute atomic E-state index is 0.275. The van der Waals surface area contributed by atoms with Crippen molar-refractivity contribution in [1.29, 1.82) is 0 Å². The number of benzene rings is 2. The van der Waals surface area contributed by atoms with Crippen LogP contribution >= 0.6 is 15.9 Å². The van der Waals surface area contributed by atoms with E-state index in [-0.39, 0.29) is 5.69 Å². The number of nitrogens with zero attached hydrogens (tertiary/aromatic N) is 7. The zero-order valence-electron chi connectivity index (χ0n) is 27.6. The van der Waals surface area contributed by atoms with Gasteiger partial charge in [0.15, 0.2) is 0 Å². The molecule has 3 N–H and O–H groups in total. The van der Waals surface area contributed by atoms with E-state index in [1.165, 1.54) is 37.8 Å². The van der Waals surface area contributed by atoms with Gasteiger partial charge in [-0.15, -0.1) is 0 Å². The zero-order valence-corrected chi connectivity index (χ0v) is 30.0. The number of anilines is 6. The van der Waals surface area contributed by atoms with Gasteiger partial charge in [0, 0.05) is 75.7 Å². The van der Waals surface area contributed by atoms with Crippen molar-refractivity contribution in [2.45, 2.75) is 25.8 Å². The van der Waals surface area contributed by atoms with Crippen LogP contribution in [0.2, 0.25) is 0 Å². The lowest BCUT2D eigenvalue weighted by Gasteiger charge is -2.47. The van der Waals surface area contributed by atoms with Gasteiger partial charge in [-0.25, -0.2) is 13.4 Å². The van der Waals surface area contributed by atoms with Crippen molar-refractivity contribution in [3.8, 4) is 5.75 Å². The van der Waals surface area contributed by atoms with Gasteiger partial charge in [0.1, 0.15) is 17.1 Å². The second-order valence-corrected chi connectivity index (χ2v) is 15.7. The largest absolute Gasteiger partial charge is 0.494 e. The van der Waals surface area contributed by atoms with Gasteiger partial charge in [0.25, 0.3) is 0 Å². The SMILES string of the molecule is COc1cc(N2C[C@H]3CC[C@@H](C2)[C@@H]3N2CCN(C)CC2)c(C)cc1Nc1ncc(Br)c(Nc2ccc3nccnc3c2NS(C)(=O)=O)n1.